The lowest BCUT2D eigenvalue weighted by Gasteiger charge is -2.26. The molecule has 1 saturated heterocycles. The Morgan fingerprint density at radius 1 is 1.23 bits per heavy atom. The zero-order chi connectivity index (χ0) is 24.7. The van der Waals surface area contributed by atoms with Gasteiger partial charge in [-0.3, -0.25) is 14.3 Å². The number of fused-ring (bicyclic) bond motifs is 2. The van der Waals surface area contributed by atoms with Gasteiger partial charge in [-0.15, -0.1) is 0 Å². The van der Waals surface area contributed by atoms with Crippen molar-refractivity contribution < 1.29 is 18.7 Å². The van der Waals surface area contributed by atoms with Crippen LogP contribution in [0.2, 0.25) is 0 Å². The average molecular weight is 480 g/mol. The summed E-state index contributed by atoms with van der Waals surface area (Å²) in [5.74, 6) is -0.831. The van der Waals surface area contributed by atoms with E-state index < -0.39 is 11.4 Å². The number of carbonyl (C=O) groups is 2. The van der Waals surface area contributed by atoms with Crippen LogP contribution in [0.5, 0.6) is 0 Å². The quantitative estimate of drug-likeness (QED) is 0.464. The highest BCUT2D eigenvalue weighted by atomic mass is 19.1. The molecule has 1 fully saturated rings. The zero-order valence-corrected chi connectivity index (χ0v) is 19.8. The lowest BCUT2D eigenvalue weighted by Crippen LogP contribution is -2.42. The van der Waals surface area contributed by atoms with Gasteiger partial charge in [0, 0.05) is 30.2 Å². The van der Waals surface area contributed by atoms with E-state index in [1.54, 1.807) is 23.4 Å². The Hall–Kier alpha value is -3.86. The molecule has 0 bridgehead atoms. The third-order valence-corrected chi connectivity index (χ3v) is 5.72. The number of ether oxygens (including phenoxy) is 1. The highest BCUT2D eigenvalue weighted by molar-refractivity contribution is 6.05. The van der Waals surface area contributed by atoms with Crippen LogP contribution in [0.1, 0.15) is 31.1 Å². The standard InChI is InChI=1S/C24H26FN7O3/c1-24(2,3)29-23(34)16-11-26-22-21(16)28-17(12-27-22)20-15-5-4-14(25)10-18(15)32(30-20)13-19(33)31-6-8-35-9-7-31/h4-5,10-12H,6-9,13H2,1-3H3,(H,26,27)(H,29,34). The van der Waals surface area contributed by atoms with Crippen LogP contribution >= 0.6 is 0 Å². The van der Waals surface area contributed by atoms with Crippen molar-refractivity contribution in [2.24, 2.45) is 0 Å². The van der Waals surface area contributed by atoms with Gasteiger partial charge in [0.1, 0.15) is 29.3 Å². The molecule has 0 aliphatic carbocycles. The molecule has 4 heterocycles. The summed E-state index contributed by atoms with van der Waals surface area (Å²) in [7, 11) is 0. The molecule has 2 N–H and O–H groups in total. The lowest BCUT2D eigenvalue weighted by atomic mass is 10.1. The van der Waals surface area contributed by atoms with Gasteiger partial charge in [0.15, 0.2) is 5.65 Å². The first kappa shape index (κ1) is 22.9. The number of benzene rings is 1. The van der Waals surface area contributed by atoms with E-state index in [-0.39, 0.29) is 18.4 Å². The van der Waals surface area contributed by atoms with Gasteiger partial charge in [0.05, 0.1) is 30.5 Å². The molecule has 1 aliphatic heterocycles. The Labute approximate surface area is 200 Å². The molecule has 5 rings (SSSR count). The number of nitrogens with zero attached hydrogens (tertiary/aromatic N) is 5. The number of hydrogen-bond acceptors (Lipinski definition) is 6. The van der Waals surface area contributed by atoms with Crippen LogP contribution in [-0.2, 0) is 16.1 Å². The maximum atomic E-state index is 14.1. The van der Waals surface area contributed by atoms with Crippen molar-refractivity contribution in [3.8, 4) is 11.4 Å². The minimum atomic E-state index is -0.433. The van der Waals surface area contributed by atoms with Crippen LogP contribution < -0.4 is 5.32 Å². The summed E-state index contributed by atoms with van der Waals surface area (Å²) in [6.07, 6.45) is 3.12. The van der Waals surface area contributed by atoms with E-state index in [1.807, 2.05) is 20.8 Å². The maximum Gasteiger partial charge on any atom is 0.255 e. The molecule has 35 heavy (non-hydrogen) atoms. The Bertz CT molecular complexity index is 1430. The van der Waals surface area contributed by atoms with Gasteiger partial charge in [-0.1, -0.05) is 0 Å². The van der Waals surface area contributed by atoms with Crippen molar-refractivity contribution >= 4 is 33.9 Å². The molecule has 3 aromatic heterocycles. The maximum absolute atomic E-state index is 14.1. The van der Waals surface area contributed by atoms with E-state index in [0.29, 0.717) is 65.3 Å². The smallest absolute Gasteiger partial charge is 0.255 e. The molecule has 1 aliphatic rings. The van der Waals surface area contributed by atoms with E-state index in [1.165, 1.54) is 16.8 Å². The number of hydrogen-bond donors (Lipinski definition) is 2. The number of halogens is 1. The first-order valence-corrected chi connectivity index (χ1v) is 11.4. The van der Waals surface area contributed by atoms with Gasteiger partial charge in [-0.2, -0.15) is 5.10 Å². The second-order valence-electron chi connectivity index (χ2n) is 9.52. The highest BCUT2D eigenvalue weighted by Gasteiger charge is 2.23. The number of H-pyrrole nitrogens is 1. The summed E-state index contributed by atoms with van der Waals surface area (Å²) in [4.78, 5) is 39.4. The first-order chi connectivity index (χ1) is 16.7. The van der Waals surface area contributed by atoms with Crippen molar-refractivity contribution in [2.45, 2.75) is 32.9 Å². The number of morpholine rings is 1. The van der Waals surface area contributed by atoms with E-state index in [9.17, 15) is 14.0 Å². The number of amides is 2. The van der Waals surface area contributed by atoms with Crippen molar-refractivity contribution in [1.29, 1.82) is 0 Å². The summed E-state index contributed by atoms with van der Waals surface area (Å²) < 4.78 is 20.9. The van der Waals surface area contributed by atoms with Crippen LogP contribution in [0, 0.1) is 5.82 Å². The molecule has 4 aromatic rings. The Balaban J connectivity index is 1.55. The van der Waals surface area contributed by atoms with Gasteiger partial charge in [-0.25, -0.2) is 14.4 Å². The van der Waals surface area contributed by atoms with E-state index in [2.05, 4.69) is 25.4 Å². The van der Waals surface area contributed by atoms with E-state index in [4.69, 9.17) is 4.74 Å². The van der Waals surface area contributed by atoms with E-state index in [0.717, 1.165) is 0 Å². The molecule has 0 radical (unpaired) electrons. The van der Waals surface area contributed by atoms with Crippen LogP contribution in [0.25, 0.3) is 33.5 Å². The molecular formula is C24H26FN7O3. The van der Waals surface area contributed by atoms with Gasteiger partial charge in [0.2, 0.25) is 5.91 Å². The van der Waals surface area contributed by atoms with Crippen molar-refractivity contribution in [1.82, 2.24) is 34.9 Å². The van der Waals surface area contributed by atoms with Crippen LogP contribution in [-0.4, -0.2) is 73.3 Å². The normalized spacial score (nSPS) is 14.6. The Morgan fingerprint density at radius 2 is 2.00 bits per heavy atom. The Morgan fingerprint density at radius 3 is 2.74 bits per heavy atom. The minimum absolute atomic E-state index is 0.0426. The second-order valence-corrected chi connectivity index (χ2v) is 9.52. The van der Waals surface area contributed by atoms with E-state index >= 15 is 0 Å². The summed E-state index contributed by atoms with van der Waals surface area (Å²) in [6, 6.07) is 4.30. The molecule has 10 nitrogen and oxygen atoms in total. The predicted molar refractivity (Wildman–Crippen MR) is 127 cm³/mol. The second kappa shape index (κ2) is 8.73. The van der Waals surface area contributed by atoms with Crippen LogP contribution in [0.3, 0.4) is 0 Å². The molecule has 182 valence electrons. The number of carbonyl (C=O) groups excluding carboxylic acids is 2. The summed E-state index contributed by atoms with van der Waals surface area (Å²) >= 11 is 0. The molecule has 1 aromatic carbocycles. The molecule has 0 atom stereocenters. The number of rotatable bonds is 4. The predicted octanol–water partition coefficient (Wildman–Crippen LogP) is 2.50. The summed E-state index contributed by atoms with van der Waals surface area (Å²) in [5, 5.41) is 8.18. The molecular weight excluding hydrogens is 453 g/mol. The average Bonchev–Trinajstić information content (AvgIpc) is 3.39. The zero-order valence-electron chi connectivity index (χ0n) is 19.8. The molecule has 0 spiro atoms. The number of nitrogens with one attached hydrogen (secondary N) is 2. The van der Waals surface area contributed by atoms with Crippen molar-refractivity contribution in [2.75, 3.05) is 26.3 Å². The molecule has 11 heteroatoms. The van der Waals surface area contributed by atoms with Crippen molar-refractivity contribution in [3.63, 3.8) is 0 Å². The fraction of sp³-hybridized carbons (Fsp3) is 0.375. The van der Waals surface area contributed by atoms with Crippen LogP contribution in [0.15, 0.2) is 30.6 Å². The number of aromatic amines is 1. The lowest BCUT2D eigenvalue weighted by molar-refractivity contribution is -0.136. The fourth-order valence-electron chi connectivity index (χ4n) is 4.08. The summed E-state index contributed by atoms with van der Waals surface area (Å²) in [5.41, 5.74) is 2.15. The topological polar surface area (TPSA) is 118 Å². The molecule has 0 saturated carbocycles. The fourth-order valence-corrected chi connectivity index (χ4v) is 4.08. The monoisotopic (exact) mass is 479 g/mol. The molecule has 2 amide bonds. The van der Waals surface area contributed by atoms with Gasteiger partial charge < -0.3 is 19.9 Å². The van der Waals surface area contributed by atoms with Gasteiger partial charge in [0.25, 0.3) is 5.91 Å². The first-order valence-electron chi connectivity index (χ1n) is 11.4. The largest absolute Gasteiger partial charge is 0.378 e. The summed E-state index contributed by atoms with van der Waals surface area (Å²) in [6.45, 7) is 7.64. The third kappa shape index (κ3) is 4.59. The van der Waals surface area contributed by atoms with Crippen LogP contribution in [0.4, 0.5) is 4.39 Å². The van der Waals surface area contributed by atoms with Gasteiger partial charge in [-0.05, 0) is 39.0 Å². The Kier molecular flexibility index (Phi) is 5.72. The minimum Gasteiger partial charge on any atom is -0.378 e. The SMILES string of the molecule is CC(C)(C)NC(=O)c1c[nH]c2ncc(-c3nn(CC(=O)N4CCOCC4)c4cc(F)ccc34)nc12. The van der Waals surface area contributed by atoms with Crippen molar-refractivity contribution in [3.05, 3.63) is 42.0 Å². The van der Waals surface area contributed by atoms with Gasteiger partial charge >= 0.3 is 0 Å². The highest BCUT2D eigenvalue weighted by Crippen LogP contribution is 2.29. The number of aromatic nitrogens is 5. The third-order valence-electron chi connectivity index (χ3n) is 5.72. The molecule has 0 unspecified atom stereocenters.